The van der Waals surface area contributed by atoms with Gasteiger partial charge in [0.15, 0.2) is 0 Å². The molecule has 0 aromatic carbocycles. The van der Waals surface area contributed by atoms with E-state index in [2.05, 4.69) is 20.8 Å². The summed E-state index contributed by atoms with van der Waals surface area (Å²) in [5.41, 5.74) is 1.66. The van der Waals surface area contributed by atoms with Crippen molar-refractivity contribution >= 4 is 6.03 Å². The van der Waals surface area contributed by atoms with Gasteiger partial charge in [-0.2, -0.15) is 18.3 Å². The molecule has 0 spiro atoms. The van der Waals surface area contributed by atoms with Crippen molar-refractivity contribution in [2.75, 3.05) is 0 Å². The lowest BCUT2D eigenvalue weighted by Crippen LogP contribution is -2.54. The van der Waals surface area contributed by atoms with Crippen LogP contribution in [0.25, 0.3) is 0 Å². The fraction of sp³-hybridized carbons (Fsp3) is 0.733. The molecule has 1 aromatic heterocycles. The van der Waals surface area contributed by atoms with Gasteiger partial charge in [-0.3, -0.25) is 5.10 Å². The zero-order valence-electron chi connectivity index (χ0n) is 13.3. The molecule has 0 aliphatic heterocycles. The van der Waals surface area contributed by atoms with Crippen LogP contribution >= 0.6 is 0 Å². The fourth-order valence-corrected chi connectivity index (χ4v) is 3.11. The van der Waals surface area contributed by atoms with Crippen LogP contribution in [0.4, 0.5) is 18.0 Å². The van der Waals surface area contributed by atoms with Gasteiger partial charge in [0.1, 0.15) is 6.04 Å². The number of alkyl halides is 3. The first-order valence-electron chi connectivity index (χ1n) is 7.90. The van der Waals surface area contributed by atoms with Crippen LogP contribution in [0.2, 0.25) is 0 Å². The summed E-state index contributed by atoms with van der Waals surface area (Å²) in [5.74, 6) is -0.523. The maximum Gasteiger partial charge on any atom is 0.408 e. The van der Waals surface area contributed by atoms with Gasteiger partial charge in [-0.15, -0.1) is 0 Å². The third-order valence-corrected chi connectivity index (χ3v) is 4.16. The number of hydrogen-bond donors (Lipinski definition) is 3. The van der Waals surface area contributed by atoms with Crippen LogP contribution in [0.3, 0.4) is 0 Å². The first-order chi connectivity index (χ1) is 10.8. The second-order valence-corrected chi connectivity index (χ2v) is 6.33. The number of H-pyrrole nitrogens is 1. The van der Waals surface area contributed by atoms with Gasteiger partial charge in [0.05, 0.1) is 5.69 Å². The second kappa shape index (κ2) is 7.23. The molecular weight excluding hydrogens is 309 g/mol. The summed E-state index contributed by atoms with van der Waals surface area (Å²) >= 11 is 0. The molecule has 2 rings (SSSR count). The summed E-state index contributed by atoms with van der Waals surface area (Å²) in [6.07, 6.45) is -1.38. The molecule has 5 nitrogen and oxygen atoms in total. The van der Waals surface area contributed by atoms with Gasteiger partial charge < -0.3 is 10.6 Å². The quantitative estimate of drug-likeness (QED) is 0.775. The van der Waals surface area contributed by atoms with Gasteiger partial charge in [-0.25, -0.2) is 4.79 Å². The summed E-state index contributed by atoms with van der Waals surface area (Å²) in [6.45, 7) is 3.60. The van der Waals surface area contributed by atoms with E-state index in [9.17, 15) is 18.0 Å². The molecule has 1 aliphatic rings. The number of urea groups is 1. The van der Waals surface area contributed by atoms with E-state index >= 15 is 0 Å². The van der Waals surface area contributed by atoms with E-state index in [1.165, 1.54) is 0 Å². The number of aryl methyl sites for hydroxylation is 1. The Morgan fingerprint density at radius 3 is 2.57 bits per heavy atom. The minimum absolute atomic E-state index is 0.310. The molecule has 2 atom stereocenters. The maximum absolute atomic E-state index is 13.2. The Labute approximate surface area is 133 Å². The minimum Gasteiger partial charge on any atom is -0.335 e. The van der Waals surface area contributed by atoms with Crippen molar-refractivity contribution < 1.29 is 18.0 Å². The van der Waals surface area contributed by atoms with E-state index in [0.717, 1.165) is 24.2 Å². The normalized spacial score (nSPS) is 18.7. The number of carbonyl (C=O) groups excluding carboxylic acids is 1. The Morgan fingerprint density at radius 1 is 1.39 bits per heavy atom. The van der Waals surface area contributed by atoms with Crippen molar-refractivity contribution in [3.8, 4) is 0 Å². The summed E-state index contributed by atoms with van der Waals surface area (Å²) in [5, 5.41) is 11.5. The van der Waals surface area contributed by atoms with Crippen LogP contribution in [0.5, 0.6) is 0 Å². The van der Waals surface area contributed by atoms with Crippen molar-refractivity contribution in [2.45, 2.75) is 64.2 Å². The molecule has 1 aromatic rings. The Balaban J connectivity index is 1.88. The molecule has 0 saturated heterocycles. The molecule has 1 fully saturated rings. The molecule has 3 N–H and O–H groups in total. The van der Waals surface area contributed by atoms with Gasteiger partial charge in [0.25, 0.3) is 0 Å². The molecule has 1 saturated carbocycles. The zero-order chi connectivity index (χ0) is 17.0. The molecule has 130 valence electrons. The van der Waals surface area contributed by atoms with Crippen LogP contribution in [-0.2, 0) is 6.42 Å². The Kier molecular flexibility index (Phi) is 5.54. The molecular formula is C15H23F3N4O. The third kappa shape index (κ3) is 5.14. The van der Waals surface area contributed by atoms with Crippen LogP contribution in [0, 0.1) is 12.8 Å². The first kappa shape index (κ1) is 17.6. The Morgan fingerprint density at radius 2 is 2.04 bits per heavy atom. The molecule has 1 heterocycles. The number of halogens is 3. The summed E-state index contributed by atoms with van der Waals surface area (Å²) in [4.78, 5) is 11.9. The van der Waals surface area contributed by atoms with Crippen molar-refractivity contribution in [1.82, 2.24) is 20.8 Å². The number of carbonyl (C=O) groups is 1. The molecule has 0 radical (unpaired) electrons. The zero-order valence-corrected chi connectivity index (χ0v) is 13.3. The average molecular weight is 332 g/mol. The SMILES string of the molecule is Cc1cc(C[C@H](C)NC(=O)N[C@H](C2CCCC2)C(F)(F)F)n[nH]1. The van der Waals surface area contributed by atoms with E-state index in [4.69, 9.17) is 0 Å². The number of nitrogens with one attached hydrogen (secondary N) is 3. The van der Waals surface area contributed by atoms with Crippen LogP contribution < -0.4 is 10.6 Å². The predicted octanol–water partition coefficient (Wildman–Crippen LogP) is 3.07. The number of aromatic amines is 1. The summed E-state index contributed by atoms with van der Waals surface area (Å²) in [6, 6.07) is -1.02. The average Bonchev–Trinajstić information content (AvgIpc) is 3.06. The van der Waals surface area contributed by atoms with E-state index in [1.54, 1.807) is 6.92 Å². The van der Waals surface area contributed by atoms with Crippen LogP contribution in [0.1, 0.15) is 44.0 Å². The molecule has 0 unspecified atom stereocenters. The monoisotopic (exact) mass is 332 g/mol. The molecule has 1 aliphatic carbocycles. The standard InChI is InChI=1S/C15H23F3N4O/c1-9(7-12-8-10(2)21-22-12)19-14(23)20-13(15(16,17)18)11-5-3-4-6-11/h8-9,11,13H,3-7H2,1-2H3,(H,21,22)(H2,19,20,23)/t9-,13+/m0/s1. The van der Waals surface area contributed by atoms with Crippen molar-refractivity contribution in [3.05, 3.63) is 17.5 Å². The van der Waals surface area contributed by atoms with E-state index in [1.807, 2.05) is 13.0 Å². The topological polar surface area (TPSA) is 69.8 Å². The lowest BCUT2D eigenvalue weighted by Gasteiger charge is -2.27. The van der Waals surface area contributed by atoms with E-state index < -0.39 is 24.2 Å². The highest BCUT2D eigenvalue weighted by atomic mass is 19.4. The van der Waals surface area contributed by atoms with Crippen molar-refractivity contribution in [1.29, 1.82) is 0 Å². The Hall–Kier alpha value is -1.73. The number of nitrogens with zero attached hydrogens (tertiary/aromatic N) is 1. The smallest absolute Gasteiger partial charge is 0.335 e. The van der Waals surface area contributed by atoms with Gasteiger partial charge >= 0.3 is 12.2 Å². The van der Waals surface area contributed by atoms with Gasteiger partial charge in [0, 0.05) is 18.2 Å². The predicted molar refractivity (Wildman–Crippen MR) is 80.0 cm³/mol. The second-order valence-electron chi connectivity index (χ2n) is 6.33. The highest BCUT2D eigenvalue weighted by Gasteiger charge is 2.46. The fourth-order valence-electron chi connectivity index (χ4n) is 3.11. The van der Waals surface area contributed by atoms with Crippen LogP contribution in [-0.4, -0.2) is 34.5 Å². The number of amides is 2. The minimum atomic E-state index is -4.42. The highest BCUT2D eigenvalue weighted by molar-refractivity contribution is 5.74. The largest absolute Gasteiger partial charge is 0.408 e. The first-order valence-corrected chi connectivity index (χ1v) is 7.90. The van der Waals surface area contributed by atoms with E-state index in [-0.39, 0.29) is 6.04 Å². The Bertz CT molecular complexity index is 523. The van der Waals surface area contributed by atoms with Crippen molar-refractivity contribution in [3.63, 3.8) is 0 Å². The molecule has 0 bridgehead atoms. The van der Waals surface area contributed by atoms with Crippen molar-refractivity contribution in [2.24, 2.45) is 5.92 Å². The van der Waals surface area contributed by atoms with E-state index in [0.29, 0.717) is 19.3 Å². The lowest BCUT2D eigenvalue weighted by atomic mass is 9.98. The number of hydrogen-bond acceptors (Lipinski definition) is 2. The summed E-state index contributed by atoms with van der Waals surface area (Å²) < 4.78 is 39.5. The molecule has 23 heavy (non-hydrogen) atoms. The summed E-state index contributed by atoms with van der Waals surface area (Å²) in [7, 11) is 0. The highest BCUT2D eigenvalue weighted by Crippen LogP contribution is 2.35. The third-order valence-electron chi connectivity index (χ3n) is 4.16. The van der Waals surface area contributed by atoms with Gasteiger partial charge in [-0.05, 0) is 38.7 Å². The molecule has 2 amide bonds. The molecule has 8 heteroatoms. The maximum atomic E-state index is 13.2. The number of aromatic nitrogens is 2. The number of rotatable bonds is 5. The van der Waals surface area contributed by atoms with Gasteiger partial charge in [-0.1, -0.05) is 12.8 Å². The lowest BCUT2D eigenvalue weighted by molar-refractivity contribution is -0.164. The van der Waals surface area contributed by atoms with Gasteiger partial charge in [0.2, 0.25) is 0 Å². The van der Waals surface area contributed by atoms with Crippen LogP contribution in [0.15, 0.2) is 6.07 Å².